The summed E-state index contributed by atoms with van der Waals surface area (Å²) in [7, 11) is 0. The second kappa shape index (κ2) is 4.11. The molecule has 0 atom stereocenters. The van der Waals surface area contributed by atoms with Gasteiger partial charge in [-0.05, 0) is 51.8 Å². The zero-order chi connectivity index (χ0) is 13.7. The van der Waals surface area contributed by atoms with Gasteiger partial charge in [0.1, 0.15) is 0 Å². The Bertz CT molecular complexity index is 409. The van der Waals surface area contributed by atoms with Crippen LogP contribution in [0.5, 0.6) is 0 Å². The maximum Gasteiger partial charge on any atom is -0.0129 e. The van der Waals surface area contributed by atoms with Gasteiger partial charge in [0.2, 0.25) is 0 Å². The van der Waals surface area contributed by atoms with Crippen molar-refractivity contribution >= 4 is 0 Å². The first-order chi connectivity index (χ1) is 8.10. The van der Waals surface area contributed by atoms with Gasteiger partial charge < -0.3 is 0 Å². The highest BCUT2D eigenvalue weighted by Crippen LogP contribution is 2.40. The second-order valence-electron chi connectivity index (χ2n) is 8.13. The van der Waals surface area contributed by atoms with Crippen molar-refractivity contribution in [2.75, 3.05) is 0 Å². The SMILES string of the molecule is CC1Cc2c(C(C)(C)C)ccc(C(C)(C)C)c2C1. The van der Waals surface area contributed by atoms with Gasteiger partial charge >= 0.3 is 0 Å². The third-order valence-electron chi connectivity index (χ3n) is 4.15. The molecule has 0 fully saturated rings. The van der Waals surface area contributed by atoms with E-state index >= 15 is 0 Å². The summed E-state index contributed by atoms with van der Waals surface area (Å²) in [5.74, 6) is 0.810. The minimum atomic E-state index is 0.268. The van der Waals surface area contributed by atoms with E-state index in [0.29, 0.717) is 0 Å². The summed E-state index contributed by atoms with van der Waals surface area (Å²) in [5, 5.41) is 0. The molecule has 0 unspecified atom stereocenters. The summed E-state index contributed by atoms with van der Waals surface area (Å²) < 4.78 is 0. The maximum absolute atomic E-state index is 2.39. The Labute approximate surface area is 113 Å². The third kappa shape index (κ3) is 2.35. The van der Waals surface area contributed by atoms with E-state index in [1.165, 1.54) is 12.8 Å². The highest BCUT2D eigenvalue weighted by molar-refractivity contribution is 5.49. The summed E-state index contributed by atoms with van der Waals surface area (Å²) in [6, 6.07) is 4.77. The van der Waals surface area contributed by atoms with Crippen molar-refractivity contribution in [1.29, 1.82) is 0 Å². The third-order valence-corrected chi connectivity index (χ3v) is 4.15. The first kappa shape index (κ1) is 13.6. The summed E-state index contributed by atoms with van der Waals surface area (Å²) in [6.07, 6.45) is 2.54. The van der Waals surface area contributed by atoms with Crippen molar-refractivity contribution in [3.8, 4) is 0 Å². The molecular formula is C18H28. The quantitative estimate of drug-likeness (QED) is 0.601. The Hall–Kier alpha value is -0.780. The van der Waals surface area contributed by atoms with Gasteiger partial charge in [-0.1, -0.05) is 60.6 Å². The number of rotatable bonds is 0. The standard InChI is InChI=1S/C18H28/c1-12-10-13-14(11-12)16(18(5,6)7)9-8-15(13)17(2,3)4/h8-9,12H,10-11H2,1-7H3. The molecule has 0 spiro atoms. The molecule has 0 bridgehead atoms. The van der Waals surface area contributed by atoms with E-state index in [-0.39, 0.29) is 10.8 Å². The fourth-order valence-corrected chi connectivity index (χ4v) is 3.33. The van der Waals surface area contributed by atoms with E-state index in [1.807, 2.05) is 0 Å². The first-order valence-corrected chi connectivity index (χ1v) is 7.26. The average molecular weight is 244 g/mol. The lowest BCUT2D eigenvalue weighted by atomic mass is 9.77. The highest BCUT2D eigenvalue weighted by Gasteiger charge is 2.30. The van der Waals surface area contributed by atoms with Crippen LogP contribution in [0.15, 0.2) is 12.1 Å². The molecule has 0 nitrogen and oxygen atoms in total. The molecule has 0 aromatic heterocycles. The summed E-state index contributed by atoms with van der Waals surface area (Å²) in [6.45, 7) is 16.4. The van der Waals surface area contributed by atoms with Gasteiger partial charge in [-0.2, -0.15) is 0 Å². The van der Waals surface area contributed by atoms with Crippen LogP contribution in [0.25, 0.3) is 0 Å². The molecule has 0 amide bonds. The van der Waals surface area contributed by atoms with E-state index < -0.39 is 0 Å². The van der Waals surface area contributed by atoms with Crippen molar-refractivity contribution in [2.24, 2.45) is 5.92 Å². The molecule has 18 heavy (non-hydrogen) atoms. The van der Waals surface area contributed by atoms with Crippen LogP contribution in [0.1, 0.15) is 70.7 Å². The van der Waals surface area contributed by atoms with Crippen LogP contribution in [0.4, 0.5) is 0 Å². The Balaban J connectivity index is 2.63. The number of benzene rings is 1. The Morgan fingerprint density at radius 3 is 1.39 bits per heavy atom. The van der Waals surface area contributed by atoms with Crippen LogP contribution in [-0.4, -0.2) is 0 Å². The van der Waals surface area contributed by atoms with Crippen LogP contribution < -0.4 is 0 Å². The van der Waals surface area contributed by atoms with E-state index in [4.69, 9.17) is 0 Å². The monoisotopic (exact) mass is 244 g/mol. The van der Waals surface area contributed by atoms with Crippen LogP contribution >= 0.6 is 0 Å². The average Bonchev–Trinajstić information content (AvgIpc) is 2.53. The lowest BCUT2D eigenvalue weighted by Crippen LogP contribution is -2.19. The molecule has 2 rings (SSSR count). The van der Waals surface area contributed by atoms with Crippen LogP contribution in [-0.2, 0) is 23.7 Å². The predicted molar refractivity (Wildman–Crippen MR) is 80.4 cm³/mol. The van der Waals surface area contributed by atoms with Gasteiger partial charge in [0.15, 0.2) is 0 Å². The van der Waals surface area contributed by atoms with Crippen molar-refractivity contribution in [1.82, 2.24) is 0 Å². The molecule has 1 aliphatic carbocycles. The van der Waals surface area contributed by atoms with Gasteiger partial charge in [0, 0.05) is 0 Å². The maximum atomic E-state index is 2.39. The zero-order valence-corrected chi connectivity index (χ0v) is 13.1. The van der Waals surface area contributed by atoms with Crippen LogP contribution in [0, 0.1) is 5.92 Å². The lowest BCUT2D eigenvalue weighted by molar-refractivity contribution is 0.569. The van der Waals surface area contributed by atoms with Crippen LogP contribution in [0.3, 0.4) is 0 Å². The van der Waals surface area contributed by atoms with E-state index in [9.17, 15) is 0 Å². The Morgan fingerprint density at radius 2 is 1.11 bits per heavy atom. The highest BCUT2D eigenvalue weighted by atomic mass is 14.3. The number of fused-ring (bicyclic) bond motifs is 1. The molecule has 100 valence electrons. The Kier molecular flexibility index (Phi) is 3.12. The van der Waals surface area contributed by atoms with Crippen LogP contribution in [0.2, 0.25) is 0 Å². The summed E-state index contributed by atoms with van der Waals surface area (Å²) >= 11 is 0. The van der Waals surface area contributed by atoms with Gasteiger partial charge in [-0.15, -0.1) is 0 Å². The number of hydrogen-bond acceptors (Lipinski definition) is 0. The predicted octanol–water partition coefficient (Wildman–Crippen LogP) is 5.02. The molecule has 0 N–H and O–H groups in total. The van der Waals surface area contributed by atoms with E-state index in [2.05, 4.69) is 60.6 Å². The summed E-state index contributed by atoms with van der Waals surface area (Å²) in [4.78, 5) is 0. The molecule has 1 aromatic rings. The molecule has 0 saturated heterocycles. The van der Waals surface area contributed by atoms with Gasteiger partial charge in [0.05, 0.1) is 0 Å². The van der Waals surface area contributed by atoms with E-state index in [1.54, 1.807) is 22.3 Å². The van der Waals surface area contributed by atoms with Gasteiger partial charge in [-0.25, -0.2) is 0 Å². The van der Waals surface area contributed by atoms with Gasteiger partial charge in [-0.3, -0.25) is 0 Å². The minimum Gasteiger partial charge on any atom is -0.0619 e. The van der Waals surface area contributed by atoms with Gasteiger partial charge in [0.25, 0.3) is 0 Å². The number of hydrogen-bond donors (Lipinski definition) is 0. The first-order valence-electron chi connectivity index (χ1n) is 7.26. The van der Waals surface area contributed by atoms with Crippen molar-refractivity contribution in [3.05, 3.63) is 34.4 Å². The molecule has 0 saturated carbocycles. The topological polar surface area (TPSA) is 0 Å². The van der Waals surface area contributed by atoms with Crippen molar-refractivity contribution in [2.45, 2.75) is 72.1 Å². The second-order valence-corrected chi connectivity index (χ2v) is 8.13. The molecule has 0 radical (unpaired) electrons. The largest absolute Gasteiger partial charge is 0.0619 e. The zero-order valence-electron chi connectivity index (χ0n) is 13.1. The molecule has 0 heteroatoms. The fraction of sp³-hybridized carbons (Fsp3) is 0.667. The minimum absolute atomic E-state index is 0.268. The fourth-order valence-electron chi connectivity index (χ4n) is 3.33. The Morgan fingerprint density at radius 1 is 0.778 bits per heavy atom. The van der Waals surface area contributed by atoms with Crippen molar-refractivity contribution < 1.29 is 0 Å². The molecule has 0 aliphatic heterocycles. The summed E-state index contributed by atoms with van der Waals surface area (Å²) in [5.41, 5.74) is 6.98. The lowest BCUT2D eigenvalue weighted by Gasteiger charge is -2.28. The van der Waals surface area contributed by atoms with Crippen molar-refractivity contribution in [3.63, 3.8) is 0 Å². The smallest absolute Gasteiger partial charge is 0.0129 e. The molecule has 0 heterocycles. The van der Waals surface area contributed by atoms with E-state index in [0.717, 1.165) is 5.92 Å². The normalized spacial score (nSPS) is 17.1. The molecule has 1 aliphatic rings. The molecule has 1 aromatic carbocycles. The molecular weight excluding hydrogens is 216 g/mol.